The highest BCUT2D eigenvalue weighted by atomic mass is 16.5. The lowest BCUT2D eigenvalue weighted by atomic mass is 10.2. The quantitative estimate of drug-likeness (QED) is 0.740. The van der Waals surface area contributed by atoms with Crippen LogP contribution in [-0.2, 0) is 6.54 Å². The molecule has 6 heteroatoms. The van der Waals surface area contributed by atoms with E-state index in [2.05, 4.69) is 27.4 Å². The number of nitrogens with zero attached hydrogens (tertiary/aromatic N) is 3. The fourth-order valence-electron chi connectivity index (χ4n) is 2.49. The summed E-state index contributed by atoms with van der Waals surface area (Å²) in [6.45, 7) is 0.692. The third kappa shape index (κ3) is 4.36. The normalized spacial score (nSPS) is 10.2. The number of carbonyl (C=O) groups is 1. The summed E-state index contributed by atoms with van der Waals surface area (Å²) in [5.74, 6) is 1.13. The topological polar surface area (TPSA) is 67.3 Å². The average Bonchev–Trinajstić information content (AvgIpc) is 2.69. The molecule has 0 radical (unpaired) electrons. The fraction of sp³-hybridized carbons (Fsp3) is 0.150. The van der Waals surface area contributed by atoms with Crippen molar-refractivity contribution in [3.05, 3.63) is 78.2 Å². The first kappa shape index (κ1) is 17.4. The van der Waals surface area contributed by atoms with Crippen LogP contribution in [0.2, 0.25) is 0 Å². The summed E-state index contributed by atoms with van der Waals surface area (Å²) in [5, 5.41) is 2.82. The van der Waals surface area contributed by atoms with E-state index in [1.54, 1.807) is 37.4 Å². The molecular formula is C20H20N4O2. The van der Waals surface area contributed by atoms with E-state index in [4.69, 9.17) is 4.74 Å². The van der Waals surface area contributed by atoms with Gasteiger partial charge in [0.25, 0.3) is 5.91 Å². The van der Waals surface area contributed by atoms with Gasteiger partial charge in [-0.3, -0.25) is 4.79 Å². The standard InChI is InChI=1S/C20H20N4O2/c1-24(13-15-6-4-3-5-7-15)19-12-18(21-14-22-19)20(25)23-16-8-10-17(26-2)11-9-16/h3-12,14H,13H2,1-2H3,(H,23,25). The molecule has 1 amide bonds. The van der Waals surface area contributed by atoms with Gasteiger partial charge in [0.1, 0.15) is 23.6 Å². The number of anilines is 2. The molecule has 2 aromatic carbocycles. The summed E-state index contributed by atoms with van der Waals surface area (Å²) < 4.78 is 5.11. The molecule has 1 aromatic heterocycles. The van der Waals surface area contributed by atoms with E-state index in [1.807, 2.05) is 30.1 Å². The Morgan fingerprint density at radius 2 is 1.81 bits per heavy atom. The van der Waals surface area contributed by atoms with Crippen LogP contribution in [0.4, 0.5) is 11.5 Å². The van der Waals surface area contributed by atoms with Crippen LogP contribution in [0, 0.1) is 0 Å². The average molecular weight is 348 g/mol. The van der Waals surface area contributed by atoms with Crippen molar-refractivity contribution in [3.63, 3.8) is 0 Å². The summed E-state index contributed by atoms with van der Waals surface area (Å²) in [6.07, 6.45) is 1.40. The molecule has 0 aliphatic carbocycles. The molecule has 0 aliphatic rings. The Hall–Kier alpha value is -3.41. The summed E-state index contributed by atoms with van der Waals surface area (Å²) in [5.41, 5.74) is 2.15. The monoisotopic (exact) mass is 348 g/mol. The highest BCUT2D eigenvalue weighted by Crippen LogP contribution is 2.17. The van der Waals surface area contributed by atoms with Gasteiger partial charge in [-0.05, 0) is 29.8 Å². The zero-order valence-corrected chi connectivity index (χ0v) is 14.7. The zero-order chi connectivity index (χ0) is 18.4. The molecular weight excluding hydrogens is 328 g/mol. The van der Waals surface area contributed by atoms with Gasteiger partial charge in [-0.1, -0.05) is 30.3 Å². The number of benzene rings is 2. The van der Waals surface area contributed by atoms with E-state index >= 15 is 0 Å². The third-order valence-corrected chi connectivity index (χ3v) is 3.89. The van der Waals surface area contributed by atoms with Crippen molar-refractivity contribution < 1.29 is 9.53 Å². The van der Waals surface area contributed by atoms with Gasteiger partial charge in [-0.25, -0.2) is 9.97 Å². The second kappa shape index (κ2) is 8.11. The fourth-order valence-corrected chi connectivity index (χ4v) is 2.49. The van der Waals surface area contributed by atoms with Crippen LogP contribution in [0.25, 0.3) is 0 Å². The molecule has 0 spiro atoms. The summed E-state index contributed by atoms with van der Waals surface area (Å²) in [6, 6.07) is 18.9. The minimum absolute atomic E-state index is 0.285. The zero-order valence-electron chi connectivity index (χ0n) is 14.7. The van der Waals surface area contributed by atoms with Gasteiger partial charge in [0.05, 0.1) is 7.11 Å². The molecule has 0 saturated carbocycles. The number of hydrogen-bond donors (Lipinski definition) is 1. The summed E-state index contributed by atoms with van der Waals surface area (Å²) >= 11 is 0. The molecule has 0 fully saturated rings. The number of ether oxygens (including phenoxy) is 1. The largest absolute Gasteiger partial charge is 0.497 e. The number of nitrogens with one attached hydrogen (secondary N) is 1. The molecule has 0 bridgehead atoms. The minimum atomic E-state index is -0.285. The number of methoxy groups -OCH3 is 1. The highest BCUT2D eigenvalue weighted by Gasteiger charge is 2.11. The van der Waals surface area contributed by atoms with E-state index in [-0.39, 0.29) is 5.91 Å². The van der Waals surface area contributed by atoms with Crippen LogP contribution in [0.3, 0.4) is 0 Å². The maximum atomic E-state index is 12.5. The highest BCUT2D eigenvalue weighted by molar-refractivity contribution is 6.03. The van der Waals surface area contributed by atoms with Crippen LogP contribution in [-0.4, -0.2) is 30.0 Å². The first-order valence-corrected chi connectivity index (χ1v) is 8.18. The predicted octanol–water partition coefficient (Wildman–Crippen LogP) is 3.37. The molecule has 1 heterocycles. The van der Waals surface area contributed by atoms with Crippen molar-refractivity contribution in [1.82, 2.24) is 9.97 Å². The van der Waals surface area contributed by atoms with Crippen molar-refractivity contribution >= 4 is 17.4 Å². The van der Waals surface area contributed by atoms with Crippen molar-refractivity contribution in [2.24, 2.45) is 0 Å². The Morgan fingerprint density at radius 3 is 2.50 bits per heavy atom. The summed E-state index contributed by atoms with van der Waals surface area (Å²) in [7, 11) is 3.53. The molecule has 0 aliphatic heterocycles. The lowest BCUT2D eigenvalue weighted by Crippen LogP contribution is -2.20. The van der Waals surface area contributed by atoms with Gasteiger partial charge in [0, 0.05) is 25.3 Å². The van der Waals surface area contributed by atoms with Crippen molar-refractivity contribution in [3.8, 4) is 5.75 Å². The van der Waals surface area contributed by atoms with Gasteiger partial charge in [0.2, 0.25) is 0 Å². The lowest BCUT2D eigenvalue weighted by molar-refractivity contribution is 0.102. The maximum Gasteiger partial charge on any atom is 0.274 e. The van der Waals surface area contributed by atoms with Crippen LogP contribution < -0.4 is 15.0 Å². The Kier molecular flexibility index (Phi) is 5.43. The van der Waals surface area contributed by atoms with Crippen LogP contribution in [0.1, 0.15) is 16.1 Å². The predicted molar refractivity (Wildman–Crippen MR) is 102 cm³/mol. The molecule has 132 valence electrons. The summed E-state index contributed by atoms with van der Waals surface area (Å²) in [4.78, 5) is 22.8. The first-order valence-electron chi connectivity index (χ1n) is 8.18. The third-order valence-electron chi connectivity index (χ3n) is 3.89. The first-order chi connectivity index (χ1) is 12.7. The second-order valence-corrected chi connectivity index (χ2v) is 5.79. The van der Waals surface area contributed by atoms with Gasteiger partial charge in [0.15, 0.2) is 0 Å². The Balaban J connectivity index is 1.70. The Morgan fingerprint density at radius 1 is 1.08 bits per heavy atom. The van der Waals surface area contributed by atoms with E-state index in [9.17, 15) is 4.79 Å². The van der Waals surface area contributed by atoms with Gasteiger partial charge in [-0.15, -0.1) is 0 Å². The SMILES string of the molecule is COc1ccc(NC(=O)c2cc(N(C)Cc3ccccc3)ncn2)cc1. The van der Waals surface area contributed by atoms with E-state index in [0.717, 1.165) is 11.3 Å². The molecule has 0 unspecified atom stereocenters. The Bertz CT molecular complexity index is 866. The van der Waals surface area contributed by atoms with Crippen molar-refractivity contribution in [2.45, 2.75) is 6.54 Å². The number of amides is 1. The van der Waals surface area contributed by atoms with Gasteiger partial charge < -0.3 is 15.0 Å². The van der Waals surface area contributed by atoms with Crippen LogP contribution in [0.15, 0.2) is 67.0 Å². The molecule has 6 nitrogen and oxygen atoms in total. The molecule has 1 N–H and O–H groups in total. The molecule has 0 atom stereocenters. The van der Waals surface area contributed by atoms with Gasteiger partial charge >= 0.3 is 0 Å². The van der Waals surface area contributed by atoms with Crippen molar-refractivity contribution in [2.75, 3.05) is 24.4 Å². The Labute approximate surface area is 152 Å². The van der Waals surface area contributed by atoms with Crippen molar-refractivity contribution in [1.29, 1.82) is 0 Å². The molecule has 0 saturated heterocycles. The number of rotatable bonds is 6. The maximum absolute atomic E-state index is 12.5. The van der Waals surface area contributed by atoms with Gasteiger partial charge in [-0.2, -0.15) is 0 Å². The number of aromatic nitrogens is 2. The van der Waals surface area contributed by atoms with Crippen LogP contribution in [0.5, 0.6) is 5.75 Å². The van der Waals surface area contributed by atoms with Crippen LogP contribution >= 0.6 is 0 Å². The molecule has 3 rings (SSSR count). The molecule has 26 heavy (non-hydrogen) atoms. The smallest absolute Gasteiger partial charge is 0.274 e. The number of hydrogen-bond acceptors (Lipinski definition) is 5. The van der Waals surface area contributed by atoms with E-state index in [0.29, 0.717) is 23.7 Å². The van der Waals surface area contributed by atoms with E-state index < -0.39 is 0 Å². The minimum Gasteiger partial charge on any atom is -0.497 e. The number of carbonyl (C=O) groups excluding carboxylic acids is 1. The lowest BCUT2D eigenvalue weighted by Gasteiger charge is -2.18. The second-order valence-electron chi connectivity index (χ2n) is 5.79. The van der Waals surface area contributed by atoms with E-state index in [1.165, 1.54) is 6.33 Å². The molecule has 3 aromatic rings.